The molecule has 3 heterocycles. The van der Waals surface area contributed by atoms with Crippen molar-refractivity contribution in [2.45, 2.75) is 32.4 Å². The normalized spacial score (nSPS) is 17.9. The van der Waals surface area contributed by atoms with Gasteiger partial charge < -0.3 is 9.72 Å². The second kappa shape index (κ2) is 6.12. The summed E-state index contributed by atoms with van der Waals surface area (Å²) in [6, 6.07) is 4.42. The zero-order valence-electron chi connectivity index (χ0n) is 11.8. The first-order chi connectivity index (χ1) is 9.72. The minimum absolute atomic E-state index is 0.601. The average Bonchev–Trinajstić information content (AvgIpc) is 3.06. The number of likely N-dealkylation sites (tertiary alicyclic amines) is 1. The van der Waals surface area contributed by atoms with Gasteiger partial charge in [-0.1, -0.05) is 11.6 Å². The van der Waals surface area contributed by atoms with Gasteiger partial charge in [0.15, 0.2) is 0 Å². The second-order valence-electron chi connectivity index (χ2n) is 5.57. The molecule has 1 unspecified atom stereocenters. The van der Waals surface area contributed by atoms with E-state index in [-0.39, 0.29) is 0 Å². The number of imidazole rings is 1. The van der Waals surface area contributed by atoms with Crippen LogP contribution in [-0.4, -0.2) is 40.0 Å². The lowest BCUT2D eigenvalue weighted by atomic mass is 10.3. The van der Waals surface area contributed by atoms with Gasteiger partial charge in [0.2, 0.25) is 0 Å². The standard InChI is InChI=1S/C15H21ClN4/c1-12(19-6-2-3-7-19)8-17-9-14-11-20-10-13(16)4-5-15(20)18-14/h4-5,10-12,17H,2-3,6-9H2,1H3. The van der Waals surface area contributed by atoms with Gasteiger partial charge in [0, 0.05) is 31.5 Å². The zero-order valence-corrected chi connectivity index (χ0v) is 12.6. The molecular weight excluding hydrogens is 272 g/mol. The Labute approximate surface area is 124 Å². The van der Waals surface area contributed by atoms with Crippen molar-refractivity contribution in [2.24, 2.45) is 0 Å². The van der Waals surface area contributed by atoms with E-state index in [2.05, 4.69) is 22.1 Å². The maximum Gasteiger partial charge on any atom is 0.137 e. The van der Waals surface area contributed by atoms with Crippen LogP contribution >= 0.6 is 11.6 Å². The molecule has 20 heavy (non-hydrogen) atoms. The predicted molar refractivity (Wildman–Crippen MR) is 82.2 cm³/mol. The van der Waals surface area contributed by atoms with Gasteiger partial charge in [-0.25, -0.2) is 4.98 Å². The van der Waals surface area contributed by atoms with Crippen molar-refractivity contribution in [3.05, 3.63) is 35.2 Å². The fraction of sp³-hybridized carbons (Fsp3) is 0.533. The largest absolute Gasteiger partial charge is 0.310 e. The summed E-state index contributed by atoms with van der Waals surface area (Å²) in [5, 5.41) is 4.24. The fourth-order valence-corrected chi connectivity index (χ4v) is 2.99. The molecule has 1 fully saturated rings. The summed E-state index contributed by atoms with van der Waals surface area (Å²) in [4.78, 5) is 7.13. The van der Waals surface area contributed by atoms with Crippen molar-refractivity contribution in [1.82, 2.24) is 19.6 Å². The summed E-state index contributed by atoms with van der Waals surface area (Å²) in [6.07, 6.45) is 6.62. The van der Waals surface area contributed by atoms with E-state index >= 15 is 0 Å². The number of pyridine rings is 1. The van der Waals surface area contributed by atoms with E-state index in [4.69, 9.17) is 11.6 Å². The highest BCUT2D eigenvalue weighted by Crippen LogP contribution is 2.12. The lowest BCUT2D eigenvalue weighted by molar-refractivity contribution is 0.251. The van der Waals surface area contributed by atoms with E-state index in [9.17, 15) is 0 Å². The molecule has 0 radical (unpaired) electrons. The molecule has 0 spiro atoms. The average molecular weight is 293 g/mol. The second-order valence-corrected chi connectivity index (χ2v) is 6.00. The van der Waals surface area contributed by atoms with Crippen LogP contribution in [0.3, 0.4) is 0 Å². The molecule has 1 aliphatic rings. The van der Waals surface area contributed by atoms with Crippen molar-refractivity contribution in [3.63, 3.8) is 0 Å². The topological polar surface area (TPSA) is 32.6 Å². The van der Waals surface area contributed by atoms with Crippen LogP contribution in [0, 0.1) is 0 Å². The Bertz CT molecular complexity index is 574. The van der Waals surface area contributed by atoms with E-state index in [0.717, 1.165) is 29.5 Å². The van der Waals surface area contributed by atoms with Crippen molar-refractivity contribution in [2.75, 3.05) is 19.6 Å². The highest BCUT2D eigenvalue weighted by molar-refractivity contribution is 6.30. The number of fused-ring (bicyclic) bond motifs is 1. The van der Waals surface area contributed by atoms with Gasteiger partial charge in [-0.05, 0) is 45.0 Å². The maximum absolute atomic E-state index is 5.98. The number of aromatic nitrogens is 2. The van der Waals surface area contributed by atoms with Crippen LogP contribution in [0.25, 0.3) is 5.65 Å². The summed E-state index contributed by atoms with van der Waals surface area (Å²) in [5.74, 6) is 0. The number of halogens is 1. The highest BCUT2D eigenvalue weighted by atomic mass is 35.5. The molecule has 1 aliphatic heterocycles. The van der Waals surface area contributed by atoms with Crippen LogP contribution in [0.15, 0.2) is 24.5 Å². The van der Waals surface area contributed by atoms with E-state index < -0.39 is 0 Å². The summed E-state index contributed by atoms with van der Waals surface area (Å²) in [7, 11) is 0. The van der Waals surface area contributed by atoms with E-state index in [0.29, 0.717) is 6.04 Å². The van der Waals surface area contributed by atoms with Gasteiger partial charge in [-0.2, -0.15) is 0 Å². The Kier molecular flexibility index (Phi) is 4.24. The van der Waals surface area contributed by atoms with Crippen LogP contribution in [0.2, 0.25) is 5.02 Å². The van der Waals surface area contributed by atoms with Crippen molar-refractivity contribution in [3.8, 4) is 0 Å². The van der Waals surface area contributed by atoms with Gasteiger partial charge in [-0.3, -0.25) is 4.90 Å². The van der Waals surface area contributed by atoms with Gasteiger partial charge in [0.05, 0.1) is 10.7 Å². The number of hydrogen-bond donors (Lipinski definition) is 1. The lowest BCUT2D eigenvalue weighted by Gasteiger charge is -2.23. The van der Waals surface area contributed by atoms with E-state index in [1.165, 1.54) is 25.9 Å². The molecule has 0 bridgehead atoms. The molecule has 5 heteroatoms. The molecule has 0 aromatic carbocycles. The predicted octanol–water partition coefficient (Wildman–Crippen LogP) is 2.56. The lowest BCUT2D eigenvalue weighted by Crippen LogP contribution is -2.38. The van der Waals surface area contributed by atoms with Gasteiger partial charge in [0.25, 0.3) is 0 Å². The SMILES string of the molecule is CC(CNCc1cn2cc(Cl)ccc2n1)N1CCCC1. The van der Waals surface area contributed by atoms with Crippen molar-refractivity contribution < 1.29 is 0 Å². The third kappa shape index (κ3) is 3.14. The molecule has 2 aromatic heterocycles. The van der Waals surface area contributed by atoms with Crippen molar-refractivity contribution in [1.29, 1.82) is 0 Å². The van der Waals surface area contributed by atoms with Crippen LogP contribution < -0.4 is 5.32 Å². The quantitative estimate of drug-likeness (QED) is 0.919. The van der Waals surface area contributed by atoms with Gasteiger partial charge in [0.1, 0.15) is 5.65 Å². The van der Waals surface area contributed by atoms with Crippen LogP contribution in [0.1, 0.15) is 25.5 Å². The third-order valence-electron chi connectivity index (χ3n) is 3.97. The van der Waals surface area contributed by atoms with Gasteiger partial charge in [-0.15, -0.1) is 0 Å². The number of nitrogens with zero attached hydrogens (tertiary/aromatic N) is 3. The molecule has 1 N–H and O–H groups in total. The molecular formula is C15H21ClN4. The molecule has 0 saturated carbocycles. The summed E-state index contributed by atoms with van der Waals surface area (Å²) in [5.41, 5.74) is 2.00. The smallest absolute Gasteiger partial charge is 0.137 e. The highest BCUT2D eigenvalue weighted by Gasteiger charge is 2.17. The Morgan fingerprint density at radius 3 is 2.90 bits per heavy atom. The molecule has 1 saturated heterocycles. The number of hydrogen-bond acceptors (Lipinski definition) is 3. The summed E-state index contributed by atoms with van der Waals surface area (Å²) < 4.78 is 1.98. The van der Waals surface area contributed by atoms with Crippen LogP contribution in [0.4, 0.5) is 0 Å². The molecule has 1 atom stereocenters. The number of nitrogens with one attached hydrogen (secondary N) is 1. The fourth-order valence-electron chi connectivity index (χ4n) is 2.82. The molecule has 108 valence electrons. The molecule has 3 rings (SSSR count). The Morgan fingerprint density at radius 1 is 1.30 bits per heavy atom. The Morgan fingerprint density at radius 2 is 2.10 bits per heavy atom. The van der Waals surface area contributed by atoms with Crippen LogP contribution in [0.5, 0.6) is 0 Å². The van der Waals surface area contributed by atoms with Crippen molar-refractivity contribution >= 4 is 17.2 Å². The molecule has 0 amide bonds. The monoisotopic (exact) mass is 292 g/mol. The van der Waals surface area contributed by atoms with E-state index in [1.54, 1.807) is 0 Å². The first-order valence-corrected chi connectivity index (χ1v) is 7.68. The van der Waals surface area contributed by atoms with Crippen LogP contribution in [-0.2, 0) is 6.54 Å². The minimum atomic E-state index is 0.601. The minimum Gasteiger partial charge on any atom is -0.310 e. The van der Waals surface area contributed by atoms with E-state index in [1.807, 2.05) is 28.9 Å². The Balaban J connectivity index is 1.54. The maximum atomic E-state index is 5.98. The zero-order chi connectivity index (χ0) is 13.9. The molecule has 2 aromatic rings. The summed E-state index contributed by atoms with van der Waals surface area (Å²) in [6.45, 7) is 6.60. The number of rotatable bonds is 5. The molecule has 4 nitrogen and oxygen atoms in total. The Hall–Kier alpha value is -1.10. The van der Waals surface area contributed by atoms with Gasteiger partial charge >= 0.3 is 0 Å². The first kappa shape index (κ1) is 13.9. The summed E-state index contributed by atoms with van der Waals surface area (Å²) >= 11 is 5.98. The first-order valence-electron chi connectivity index (χ1n) is 7.30. The third-order valence-corrected chi connectivity index (χ3v) is 4.20. The molecule has 0 aliphatic carbocycles.